The van der Waals surface area contributed by atoms with Crippen molar-refractivity contribution >= 4 is 23.9 Å². The molecule has 26 heavy (non-hydrogen) atoms. The lowest BCUT2D eigenvalue weighted by molar-refractivity contribution is 0.0175. The van der Waals surface area contributed by atoms with E-state index >= 15 is 0 Å². The zero-order valence-electron chi connectivity index (χ0n) is 14.4. The number of hydrogen-bond acceptors (Lipinski definition) is 3. The smallest absolute Gasteiger partial charge is 0.307 e. The molecule has 4 rings (SSSR count). The SMILES string of the molecule is CC(F)(F)c1cnn(SNC(=O)Nc2c3c(cc4c2CCC4)CCC3)c1. The Bertz CT molecular complexity index is 827. The zero-order chi connectivity index (χ0) is 18.3. The predicted octanol–water partition coefficient (Wildman–Crippen LogP) is 4.21. The fourth-order valence-electron chi connectivity index (χ4n) is 3.78. The quantitative estimate of drug-likeness (QED) is 0.784. The maximum atomic E-state index is 13.2. The van der Waals surface area contributed by atoms with Crippen molar-refractivity contribution in [3.8, 4) is 0 Å². The second-order valence-electron chi connectivity index (χ2n) is 6.90. The Labute approximate surface area is 154 Å². The van der Waals surface area contributed by atoms with E-state index in [4.69, 9.17) is 0 Å². The van der Waals surface area contributed by atoms with Gasteiger partial charge in [0, 0.05) is 18.8 Å². The average molecular weight is 378 g/mol. The summed E-state index contributed by atoms with van der Waals surface area (Å²) >= 11 is 0.861. The van der Waals surface area contributed by atoms with Gasteiger partial charge in [-0.15, -0.1) is 0 Å². The molecule has 0 atom stereocenters. The van der Waals surface area contributed by atoms with Crippen LogP contribution in [0.15, 0.2) is 18.5 Å². The molecule has 0 aliphatic heterocycles. The Morgan fingerprint density at radius 2 is 1.85 bits per heavy atom. The molecule has 0 saturated heterocycles. The summed E-state index contributed by atoms with van der Waals surface area (Å²) in [5.74, 6) is -2.95. The number of aryl methyl sites for hydroxylation is 2. The first-order valence-electron chi connectivity index (χ1n) is 8.75. The minimum absolute atomic E-state index is 0.189. The van der Waals surface area contributed by atoms with Crippen LogP contribution in [0, 0.1) is 0 Å². The highest BCUT2D eigenvalue weighted by Gasteiger charge is 2.27. The van der Waals surface area contributed by atoms with Crippen LogP contribution in [0.2, 0.25) is 0 Å². The highest BCUT2D eigenvalue weighted by atomic mass is 32.2. The summed E-state index contributed by atoms with van der Waals surface area (Å²) in [6, 6.07) is 1.93. The van der Waals surface area contributed by atoms with E-state index in [0.29, 0.717) is 0 Å². The van der Waals surface area contributed by atoms with E-state index in [1.165, 1.54) is 32.5 Å². The van der Waals surface area contributed by atoms with Crippen molar-refractivity contribution in [3.05, 3.63) is 46.3 Å². The van der Waals surface area contributed by atoms with E-state index in [-0.39, 0.29) is 11.6 Å². The molecule has 2 N–H and O–H groups in total. The molecule has 0 bridgehead atoms. The first-order chi connectivity index (χ1) is 12.4. The molecule has 1 aromatic heterocycles. The number of carbonyl (C=O) groups is 1. The van der Waals surface area contributed by atoms with Crippen molar-refractivity contribution in [1.29, 1.82) is 0 Å². The second-order valence-corrected chi connectivity index (χ2v) is 7.66. The molecule has 0 unspecified atom stereocenters. The number of amides is 2. The number of halogens is 2. The molecule has 2 amide bonds. The van der Waals surface area contributed by atoms with Gasteiger partial charge < -0.3 is 5.32 Å². The van der Waals surface area contributed by atoms with Gasteiger partial charge in [-0.2, -0.15) is 9.19 Å². The molecule has 2 aliphatic carbocycles. The van der Waals surface area contributed by atoms with Crippen molar-refractivity contribution < 1.29 is 13.6 Å². The van der Waals surface area contributed by atoms with Crippen molar-refractivity contribution in [1.82, 2.24) is 13.9 Å². The summed E-state index contributed by atoms with van der Waals surface area (Å²) in [6.45, 7) is 0.815. The lowest BCUT2D eigenvalue weighted by Crippen LogP contribution is -2.25. The molecule has 5 nitrogen and oxygen atoms in total. The number of rotatable bonds is 4. The number of alkyl halides is 2. The van der Waals surface area contributed by atoms with Crippen LogP contribution in [0.4, 0.5) is 19.3 Å². The van der Waals surface area contributed by atoms with Crippen LogP contribution in [0.5, 0.6) is 0 Å². The Balaban J connectivity index is 1.45. The molecule has 2 aliphatic rings. The first kappa shape index (κ1) is 17.3. The maximum absolute atomic E-state index is 13.2. The normalized spacial score (nSPS) is 15.7. The van der Waals surface area contributed by atoms with Crippen LogP contribution < -0.4 is 10.0 Å². The Kier molecular flexibility index (Phi) is 4.38. The van der Waals surface area contributed by atoms with Crippen molar-refractivity contribution in [2.24, 2.45) is 0 Å². The van der Waals surface area contributed by atoms with Crippen molar-refractivity contribution in [3.63, 3.8) is 0 Å². The number of fused-ring (bicyclic) bond motifs is 2. The van der Waals surface area contributed by atoms with Crippen LogP contribution in [0.1, 0.15) is 47.6 Å². The van der Waals surface area contributed by atoms with Gasteiger partial charge >= 0.3 is 6.03 Å². The van der Waals surface area contributed by atoms with E-state index < -0.39 is 5.92 Å². The van der Waals surface area contributed by atoms with E-state index in [0.717, 1.165) is 69.5 Å². The molecular formula is C18H20F2N4OS. The van der Waals surface area contributed by atoms with Gasteiger partial charge in [0.1, 0.15) is 0 Å². The fraction of sp³-hybridized carbons (Fsp3) is 0.444. The summed E-state index contributed by atoms with van der Waals surface area (Å²) < 4.78 is 30.3. The van der Waals surface area contributed by atoms with Gasteiger partial charge in [0.25, 0.3) is 5.92 Å². The average Bonchev–Trinajstić information content (AvgIpc) is 3.31. The lowest BCUT2D eigenvalue weighted by atomic mass is 9.99. The summed E-state index contributed by atoms with van der Waals surface area (Å²) in [6.07, 6.45) is 8.64. The predicted molar refractivity (Wildman–Crippen MR) is 97.4 cm³/mol. The second kappa shape index (κ2) is 6.57. The van der Waals surface area contributed by atoms with Crippen LogP contribution in [0.25, 0.3) is 0 Å². The van der Waals surface area contributed by atoms with Crippen molar-refractivity contribution in [2.75, 3.05) is 5.32 Å². The van der Waals surface area contributed by atoms with Gasteiger partial charge in [-0.25, -0.2) is 13.6 Å². The van der Waals surface area contributed by atoms with E-state index in [1.807, 2.05) is 0 Å². The molecule has 1 heterocycles. The number of benzene rings is 1. The third-order valence-electron chi connectivity index (χ3n) is 5.01. The van der Waals surface area contributed by atoms with Gasteiger partial charge in [0.2, 0.25) is 0 Å². The van der Waals surface area contributed by atoms with Gasteiger partial charge in [-0.1, -0.05) is 6.07 Å². The minimum atomic E-state index is -2.95. The van der Waals surface area contributed by atoms with E-state index in [2.05, 4.69) is 21.2 Å². The number of nitrogens with one attached hydrogen (secondary N) is 2. The number of aromatic nitrogens is 2. The fourth-order valence-corrected chi connectivity index (χ4v) is 4.26. The van der Waals surface area contributed by atoms with Gasteiger partial charge in [0.05, 0.1) is 23.9 Å². The van der Waals surface area contributed by atoms with Crippen LogP contribution >= 0.6 is 12.1 Å². The molecule has 8 heteroatoms. The molecule has 0 saturated carbocycles. The Morgan fingerprint density at radius 3 is 2.42 bits per heavy atom. The van der Waals surface area contributed by atoms with Crippen LogP contribution in [-0.4, -0.2) is 15.2 Å². The number of anilines is 1. The largest absolute Gasteiger partial charge is 0.330 e. The van der Waals surface area contributed by atoms with Crippen molar-refractivity contribution in [2.45, 2.75) is 51.4 Å². The van der Waals surface area contributed by atoms with Gasteiger partial charge in [-0.05, 0) is 60.8 Å². The third kappa shape index (κ3) is 3.30. The third-order valence-corrected chi connectivity index (χ3v) is 5.67. The lowest BCUT2D eigenvalue weighted by Gasteiger charge is -2.16. The van der Waals surface area contributed by atoms with Crippen LogP contribution in [-0.2, 0) is 31.6 Å². The summed E-state index contributed by atoms with van der Waals surface area (Å²) in [4.78, 5) is 12.4. The number of hydrogen-bond donors (Lipinski definition) is 2. The highest BCUT2D eigenvalue weighted by Crippen LogP contribution is 2.38. The van der Waals surface area contributed by atoms with Crippen LogP contribution in [0.3, 0.4) is 0 Å². The number of urea groups is 1. The monoisotopic (exact) mass is 378 g/mol. The highest BCUT2D eigenvalue weighted by molar-refractivity contribution is 7.96. The Hall–Kier alpha value is -2.09. The summed E-state index contributed by atoms with van der Waals surface area (Å²) in [7, 11) is 0. The zero-order valence-corrected chi connectivity index (χ0v) is 15.3. The molecule has 0 fully saturated rings. The standard InChI is InChI=1S/C18H20F2N4OS/c1-18(19,20)13-9-21-24(10-13)26-23-17(25)22-16-14-6-2-4-11(14)8-12-5-3-7-15(12)16/h8-10H,2-7H2,1H3,(H2,22,23,25). The topological polar surface area (TPSA) is 59.0 Å². The van der Waals surface area contributed by atoms with Gasteiger partial charge in [-0.3, -0.25) is 4.72 Å². The number of nitrogens with zero attached hydrogens (tertiary/aromatic N) is 2. The molecular weight excluding hydrogens is 358 g/mol. The molecule has 138 valence electrons. The summed E-state index contributed by atoms with van der Waals surface area (Å²) in [5, 5.41) is 6.82. The molecule has 2 aromatic rings. The Morgan fingerprint density at radius 1 is 1.19 bits per heavy atom. The maximum Gasteiger partial charge on any atom is 0.330 e. The van der Waals surface area contributed by atoms with Gasteiger partial charge in [0.15, 0.2) is 0 Å². The number of carbonyl (C=O) groups excluding carboxylic acids is 1. The first-order valence-corrected chi connectivity index (χ1v) is 9.53. The van der Waals surface area contributed by atoms with E-state index in [9.17, 15) is 13.6 Å². The molecule has 0 spiro atoms. The molecule has 1 aromatic carbocycles. The summed E-state index contributed by atoms with van der Waals surface area (Å²) in [5.41, 5.74) is 5.94. The minimum Gasteiger partial charge on any atom is -0.307 e. The van der Waals surface area contributed by atoms with E-state index in [1.54, 1.807) is 0 Å². The molecule has 0 radical (unpaired) electrons.